The lowest BCUT2D eigenvalue weighted by atomic mass is 9.84. The molecule has 24 heavy (non-hydrogen) atoms. The van der Waals surface area contributed by atoms with Gasteiger partial charge in [0.1, 0.15) is 0 Å². The van der Waals surface area contributed by atoms with Gasteiger partial charge in [0.05, 0.1) is 0 Å². The van der Waals surface area contributed by atoms with Gasteiger partial charge in [-0.15, -0.1) is 0 Å². The minimum Gasteiger partial charge on any atom is -0.481 e. The molecular formula is C20H23NO3. The van der Waals surface area contributed by atoms with Gasteiger partial charge in [-0.3, -0.25) is 9.59 Å². The van der Waals surface area contributed by atoms with E-state index in [1.54, 1.807) is 0 Å². The number of rotatable bonds is 7. The fourth-order valence-corrected chi connectivity index (χ4v) is 2.49. The average molecular weight is 325 g/mol. The number of aliphatic carboxylic acids is 1. The van der Waals surface area contributed by atoms with Crippen LogP contribution in [0.3, 0.4) is 0 Å². The van der Waals surface area contributed by atoms with Crippen LogP contribution in [0.2, 0.25) is 0 Å². The van der Waals surface area contributed by atoms with Crippen LogP contribution in [0.1, 0.15) is 31.4 Å². The molecule has 0 unspecified atom stereocenters. The summed E-state index contributed by atoms with van der Waals surface area (Å²) in [4.78, 5) is 23.1. The highest BCUT2D eigenvalue weighted by molar-refractivity contribution is 5.95. The van der Waals surface area contributed by atoms with Crippen molar-refractivity contribution in [2.24, 2.45) is 5.41 Å². The number of benzene rings is 2. The van der Waals surface area contributed by atoms with Gasteiger partial charge >= 0.3 is 5.97 Å². The molecule has 2 aromatic rings. The number of amides is 1. The summed E-state index contributed by atoms with van der Waals surface area (Å²) in [6, 6.07) is 17.3. The van der Waals surface area contributed by atoms with E-state index in [1.165, 1.54) is 0 Å². The molecule has 0 saturated heterocycles. The van der Waals surface area contributed by atoms with Crippen molar-refractivity contribution in [1.82, 2.24) is 0 Å². The highest BCUT2D eigenvalue weighted by Crippen LogP contribution is 2.24. The van der Waals surface area contributed by atoms with Crippen molar-refractivity contribution in [3.8, 4) is 0 Å². The predicted octanol–water partition coefficient (Wildman–Crippen LogP) is 3.91. The molecule has 2 aromatic carbocycles. The number of hydrogen-bond acceptors (Lipinski definition) is 2. The zero-order chi connectivity index (χ0) is 17.6. The van der Waals surface area contributed by atoms with Crippen molar-refractivity contribution in [3.63, 3.8) is 0 Å². The summed E-state index contributed by atoms with van der Waals surface area (Å²) in [6.45, 7) is 3.85. The molecule has 126 valence electrons. The Kier molecular flexibility index (Phi) is 5.74. The van der Waals surface area contributed by atoms with Crippen molar-refractivity contribution in [1.29, 1.82) is 0 Å². The summed E-state index contributed by atoms with van der Waals surface area (Å²) < 4.78 is 0. The molecule has 2 rings (SSSR count). The summed E-state index contributed by atoms with van der Waals surface area (Å²) in [5, 5.41) is 11.6. The third-order valence-electron chi connectivity index (χ3n) is 3.94. The fraction of sp³-hybridized carbons (Fsp3) is 0.300. The number of aryl methyl sites for hydroxylation is 1. The van der Waals surface area contributed by atoms with E-state index in [9.17, 15) is 9.59 Å². The van der Waals surface area contributed by atoms with Crippen LogP contribution in [-0.4, -0.2) is 17.0 Å². The molecule has 2 N–H and O–H groups in total. The molecule has 0 bridgehead atoms. The van der Waals surface area contributed by atoms with Gasteiger partial charge in [0, 0.05) is 17.5 Å². The van der Waals surface area contributed by atoms with Crippen LogP contribution in [0.15, 0.2) is 54.6 Å². The minimum absolute atomic E-state index is 0.0374. The summed E-state index contributed by atoms with van der Waals surface area (Å²) in [6.07, 6.45) is 1.26. The van der Waals surface area contributed by atoms with Crippen LogP contribution in [0.5, 0.6) is 0 Å². The van der Waals surface area contributed by atoms with E-state index in [4.69, 9.17) is 5.11 Å². The summed E-state index contributed by atoms with van der Waals surface area (Å²) >= 11 is 0. The van der Waals surface area contributed by atoms with Crippen molar-refractivity contribution in [3.05, 3.63) is 65.7 Å². The van der Waals surface area contributed by atoms with Crippen molar-refractivity contribution >= 4 is 17.6 Å². The topological polar surface area (TPSA) is 66.4 Å². The standard InChI is InChI=1S/C20H23NO3/c1-20(2,14-16-6-4-3-5-7-16)19(24)21-17-11-8-15(9-12-17)10-13-18(22)23/h3-9,11-12H,10,13-14H2,1-2H3,(H,21,24)(H,22,23). The Morgan fingerprint density at radius 3 is 2.17 bits per heavy atom. The number of carbonyl (C=O) groups excluding carboxylic acids is 1. The quantitative estimate of drug-likeness (QED) is 0.811. The summed E-state index contributed by atoms with van der Waals surface area (Å²) in [5.74, 6) is -0.848. The van der Waals surface area contributed by atoms with Crippen LogP contribution >= 0.6 is 0 Å². The normalized spacial score (nSPS) is 11.1. The van der Waals surface area contributed by atoms with Gasteiger partial charge in [-0.05, 0) is 36.1 Å². The molecular weight excluding hydrogens is 302 g/mol. The van der Waals surface area contributed by atoms with Gasteiger partial charge in [0.2, 0.25) is 5.91 Å². The van der Waals surface area contributed by atoms with Gasteiger partial charge < -0.3 is 10.4 Å². The van der Waals surface area contributed by atoms with Gasteiger partial charge in [0.25, 0.3) is 0 Å². The number of nitrogens with one attached hydrogen (secondary N) is 1. The third-order valence-corrected chi connectivity index (χ3v) is 3.94. The van der Waals surface area contributed by atoms with Crippen molar-refractivity contribution < 1.29 is 14.7 Å². The second kappa shape index (κ2) is 7.77. The third kappa shape index (κ3) is 5.23. The Bertz CT molecular complexity index is 691. The smallest absolute Gasteiger partial charge is 0.303 e. The Morgan fingerprint density at radius 2 is 1.58 bits per heavy atom. The Hall–Kier alpha value is -2.62. The first kappa shape index (κ1) is 17.7. The second-order valence-corrected chi connectivity index (χ2v) is 6.59. The summed E-state index contributed by atoms with van der Waals surface area (Å²) in [7, 11) is 0. The first-order chi connectivity index (χ1) is 11.4. The Morgan fingerprint density at radius 1 is 0.958 bits per heavy atom. The van der Waals surface area contributed by atoms with Crippen molar-refractivity contribution in [2.75, 3.05) is 5.32 Å². The lowest BCUT2D eigenvalue weighted by Crippen LogP contribution is -2.32. The zero-order valence-electron chi connectivity index (χ0n) is 14.1. The maximum Gasteiger partial charge on any atom is 0.303 e. The van der Waals surface area contributed by atoms with E-state index in [0.717, 1.165) is 16.8 Å². The molecule has 0 aromatic heterocycles. The molecule has 0 saturated carbocycles. The molecule has 1 amide bonds. The van der Waals surface area contributed by atoms with E-state index < -0.39 is 11.4 Å². The molecule has 0 radical (unpaired) electrons. The molecule has 4 nitrogen and oxygen atoms in total. The van der Waals surface area contributed by atoms with E-state index in [0.29, 0.717) is 12.8 Å². The molecule has 0 fully saturated rings. The molecule has 4 heteroatoms. The van der Waals surface area contributed by atoms with Crippen LogP contribution < -0.4 is 5.32 Å². The molecule has 0 aliphatic heterocycles. The molecule has 0 atom stereocenters. The maximum atomic E-state index is 12.5. The first-order valence-electron chi connectivity index (χ1n) is 8.03. The molecule has 0 aliphatic rings. The summed E-state index contributed by atoms with van der Waals surface area (Å²) in [5.41, 5.74) is 2.27. The average Bonchev–Trinajstić information content (AvgIpc) is 2.54. The van der Waals surface area contributed by atoms with E-state index in [2.05, 4.69) is 5.32 Å². The Balaban J connectivity index is 1.96. The van der Waals surface area contributed by atoms with Gasteiger partial charge in [-0.25, -0.2) is 0 Å². The van der Waals surface area contributed by atoms with E-state index >= 15 is 0 Å². The number of carbonyl (C=O) groups is 2. The number of carboxylic acid groups (broad SMARTS) is 1. The van der Waals surface area contributed by atoms with Crippen LogP contribution in [0.25, 0.3) is 0 Å². The minimum atomic E-state index is -0.810. The number of carboxylic acids is 1. The van der Waals surface area contributed by atoms with Crippen molar-refractivity contribution in [2.45, 2.75) is 33.1 Å². The lowest BCUT2D eigenvalue weighted by molar-refractivity contribution is -0.137. The molecule has 0 aliphatic carbocycles. The monoisotopic (exact) mass is 325 g/mol. The first-order valence-corrected chi connectivity index (χ1v) is 8.03. The Labute approximate surface area is 142 Å². The van der Waals surface area contributed by atoms with Crippen LogP contribution in [0, 0.1) is 5.41 Å². The fourth-order valence-electron chi connectivity index (χ4n) is 2.49. The number of hydrogen-bond donors (Lipinski definition) is 2. The van der Waals surface area contributed by atoms with Gasteiger partial charge in [-0.1, -0.05) is 56.3 Å². The largest absolute Gasteiger partial charge is 0.481 e. The maximum absolute atomic E-state index is 12.5. The molecule has 0 spiro atoms. The second-order valence-electron chi connectivity index (χ2n) is 6.59. The lowest BCUT2D eigenvalue weighted by Gasteiger charge is -2.23. The zero-order valence-corrected chi connectivity index (χ0v) is 14.1. The molecule has 0 heterocycles. The van der Waals surface area contributed by atoms with Gasteiger partial charge in [0.15, 0.2) is 0 Å². The van der Waals surface area contributed by atoms with Crippen LogP contribution in [-0.2, 0) is 22.4 Å². The van der Waals surface area contributed by atoms with Crippen LogP contribution in [0.4, 0.5) is 5.69 Å². The highest BCUT2D eigenvalue weighted by Gasteiger charge is 2.27. The highest BCUT2D eigenvalue weighted by atomic mass is 16.4. The van der Waals surface area contributed by atoms with E-state index in [-0.39, 0.29) is 12.3 Å². The number of anilines is 1. The predicted molar refractivity (Wildman–Crippen MR) is 95.0 cm³/mol. The SMILES string of the molecule is CC(C)(Cc1ccccc1)C(=O)Nc1ccc(CCC(=O)O)cc1. The van der Waals surface area contributed by atoms with E-state index in [1.807, 2.05) is 68.4 Å². The van der Waals surface area contributed by atoms with Gasteiger partial charge in [-0.2, -0.15) is 0 Å².